The topological polar surface area (TPSA) is 15.3 Å². The van der Waals surface area contributed by atoms with Gasteiger partial charge in [0.2, 0.25) is 0 Å². The maximum absolute atomic E-state index is 3.86. The summed E-state index contributed by atoms with van der Waals surface area (Å²) in [7, 11) is 0. The lowest BCUT2D eigenvalue weighted by Crippen LogP contribution is -2.47. The third kappa shape index (κ3) is 3.57. The number of nitrogens with zero attached hydrogens (tertiary/aromatic N) is 1. The Morgan fingerprint density at radius 1 is 1.25 bits per heavy atom. The van der Waals surface area contributed by atoms with Crippen LogP contribution in [0.4, 0.5) is 0 Å². The second kappa shape index (κ2) is 6.79. The Bertz CT molecular complexity index is 298. The van der Waals surface area contributed by atoms with Crippen molar-refractivity contribution in [2.24, 2.45) is 17.3 Å². The van der Waals surface area contributed by atoms with Crippen molar-refractivity contribution in [1.82, 2.24) is 10.2 Å². The van der Waals surface area contributed by atoms with E-state index < -0.39 is 0 Å². The first kappa shape index (κ1) is 16.3. The molecule has 3 unspecified atom stereocenters. The highest BCUT2D eigenvalue weighted by molar-refractivity contribution is 4.98. The molecule has 118 valence electrons. The van der Waals surface area contributed by atoms with Gasteiger partial charge in [0.1, 0.15) is 0 Å². The molecule has 2 rings (SSSR count). The van der Waals surface area contributed by atoms with Gasteiger partial charge < -0.3 is 5.32 Å². The van der Waals surface area contributed by atoms with Gasteiger partial charge in [-0.2, -0.15) is 0 Å². The Morgan fingerprint density at radius 2 is 2.00 bits per heavy atom. The third-order valence-corrected chi connectivity index (χ3v) is 5.74. The van der Waals surface area contributed by atoms with E-state index in [0.717, 1.165) is 23.9 Å². The van der Waals surface area contributed by atoms with Crippen LogP contribution < -0.4 is 5.32 Å². The van der Waals surface area contributed by atoms with Crippen LogP contribution in [0.5, 0.6) is 0 Å². The van der Waals surface area contributed by atoms with Gasteiger partial charge in [0.05, 0.1) is 0 Å². The fourth-order valence-electron chi connectivity index (χ4n) is 4.59. The number of nitrogens with one attached hydrogen (secondary N) is 1. The lowest BCUT2D eigenvalue weighted by atomic mass is 9.84. The Labute approximate surface area is 126 Å². The first-order valence-corrected chi connectivity index (χ1v) is 8.93. The van der Waals surface area contributed by atoms with Crippen LogP contribution in [0.3, 0.4) is 0 Å². The van der Waals surface area contributed by atoms with Crippen molar-refractivity contribution >= 4 is 0 Å². The standard InChI is InChI=1S/C18H36N2/c1-6-11-19-17-15(9-10-18(17,4)5)13-20-12-7-8-16(20)14(2)3/h14-17,19H,6-13H2,1-5H3. The normalized spacial score (nSPS) is 34.2. The third-order valence-electron chi connectivity index (χ3n) is 5.74. The molecule has 0 radical (unpaired) electrons. The minimum Gasteiger partial charge on any atom is -0.313 e. The summed E-state index contributed by atoms with van der Waals surface area (Å²) in [5, 5.41) is 3.86. The van der Waals surface area contributed by atoms with Crippen molar-refractivity contribution in [2.45, 2.75) is 78.8 Å². The Kier molecular flexibility index (Phi) is 5.53. The zero-order chi connectivity index (χ0) is 14.8. The number of hydrogen-bond donors (Lipinski definition) is 1. The average Bonchev–Trinajstić information content (AvgIpc) is 2.93. The fourth-order valence-corrected chi connectivity index (χ4v) is 4.59. The highest BCUT2D eigenvalue weighted by Gasteiger charge is 2.43. The second-order valence-corrected chi connectivity index (χ2v) is 8.17. The molecule has 2 fully saturated rings. The van der Waals surface area contributed by atoms with Gasteiger partial charge in [0.15, 0.2) is 0 Å². The molecule has 1 aliphatic heterocycles. The quantitative estimate of drug-likeness (QED) is 0.793. The monoisotopic (exact) mass is 280 g/mol. The molecule has 0 aromatic heterocycles. The van der Waals surface area contributed by atoms with Crippen molar-refractivity contribution in [2.75, 3.05) is 19.6 Å². The number of likely N-dealkylation sites (tertiary alicyclic amines) is 1. The average molecular weight is 280 g/mol. The van der Waals surface area contributed by atoms with E-state index >= 15 is 0 Å². The summed E-state index contributed by atoms with van der Waals surface area (Å²) in [6.45, 7) is 15.8. The predicted molar refractivity (Wildman–Crippen MR) is 88.0 cm³/mol. The van der Waals surface area contributed by atoms with E-state index in [-0.39, 0.29) is 0 Å². The van der Waals surface area contributed by atoms with Gasteiger partial charge in [0, 0.05) is 18.6 Å². The molecular formula is C18H36N2. The van der Waals surface area contributed by atoms with Crippen molar-refractivity contribution in [1.29, 1.82) is 0 Å². The fraction of sp³-hybridized carbons (Fsp3) is 1.00. The van der Waals surface area contributed by atoms with E-state index in [1.807, 2.05) is 0 Å². The molecule has 1 aliphatic carbocycles. The molecule has 3 atom stereocenters. The van der Waals surface area contributed by atoms with E-state index in [0.29, 0.717) is 5.41 Å². The molecule has 0 aromatic carbocycles. The van der Waals surface area contributed by atoms with Gasteiger partial charge in [0.25, 0.3) is 0 Å². The summed E-state index contributed by atoms with van der Waals surface area (Å²) in [5.41, 5.74) is 0.479. The summed E-state index contributed by atoms with van der Waals surface area (Å²) in [6.07, 6.45) is 6.87. The molecule has 0 spiro atoms. The van der Waals surface area contributed by atoms with E-state index in [4.69, 9.17) is 0 Å². The van der Waals surface area contributed by atoms with Gasteiger partial charge in [-0.15, -0.1) is 0 Å². The van der Waals surface area contributed by atoms with Crippen LogP contribution in [0.25, 0.3) is 0 Å². The van der Waals surface area contributed by atoms with E-state index in [9.17, 15) is 0 Å². The molecule has 1 saturated heterocycles. The molecule has 0 amide bonds. The summed E-state index contributed by atoms with van der Waals surface area (Å²) in [6, 6.07) is 1.56. The van der Waals surface area contributed by atoms with Crippen LogP contribution in [0.2, 0.25) is 0 Å². The summed E-state index contributed by atoms with van der Waals surface area (Å²) in [4.78, 5) is 2.80. The lowest BCUT2D eigenvalue weighted by molar-refractivity contribution is 0.151. The van der Waals surface area contributed by atoms with Crippen LogP contribution >= 0.6 is 0 Å². The second-order valence-electron chi connectivity index (χ2n) is 8.17. The minimum absolute atomic E-state index is 0.479. The van der Waals surface area contributed by atoms with Crippen LogP contribution in [0.15, 0.2) is 0 Å². The molecule has 0 bridgehead atoms. The summed E-state index contributed by atoms with van der Waals surface area (Å²) < 4.78 is 0. The molecule has 2 heteroatoms. The minimum atomic E-state index is 0.479. The number of hydrogen-bond acceptors (Lipinski definition) is 2. The molecule has 2 aliphatic rings. The molecule has 1 heterocycles. The summed E-state index contributed by atoms with van der Waals surface area (Å²) >= 11 is 0. The maximum Gasteiger partial charge on any atom is 0.0159 e. The lowest BCUT2D eigenvalue weighted by Gasteiger charge is -2.36. The van der Waals surface area contributed by atoms with Crippen molar-refractivity contribution in [3.05, 3.63) is 0 Å². The zero-order valence-electron chi connectivity index (χ0n) is 14.4. The van der Waals surface area contributed by atoms with Crippen LogP contribution in [0, 0.1) is 17.3 Å². The Hall–Kier alpha value is -0.0800. The maximum atomic E-state index is 3.86. The number of rotatable bonds is 6. The molecule has 1 N–H and O–H groups in total. The van der Waals surface area contributed by atoms with Crippen molar-refractivity contribution < 1.29 is 0 Å². The van der Waals surface area contributed by atoms with E-state index in [1.54, 1.807) is 0 Å². The molecule has 2 nitrogen and oxygen atoms in total. The Balaban J connectivity index is 1.96. The van der Waals surface area contributed by atoms with Crippen molar-refractivity contribution in [3.8, 4) is 0 Å². The van der Waals surface area contributed by atoms with E-state index in [1.165, 1.54) is 51.7 Å². The summed E-state index contributed by atoms with van der Waals surface area (Å²) in [5.74, 6) is 1.67. The highest BCUT2D eigenvalue weighted by Crippen LogP contribution is 2.42. The first-order valence-electron chi connectivity index (χ1n) is 8.93. The van der Waals surface area contributed by atoms with Crippen LogP contribution in [-0.2, 0) is 0 Å². The highest BCUT2D eigenvalue weighted by atomic mass is 15.2. The first-order chi connectivity index (χ1) is 9.45. The van der Waals surface area contributed by atoms with Crippen LogP contribution in [-0.4, -0.2) is 36.6 Å². The van der Waals surface area contributed by atoms with Gasteiger partial charge in [-0.05, 0) is 62.4 Å². The molecule has 0 aromatic rings. The Morgan fingerprint density at radius 3 is 2.65 bits per heavy atom. The molecular weight excluding hydrogens is 244 g/mol. The van der Waals surface area contributed by atoms with Gasteiger partial charge >= 0.3 is 0 Å². The SMILES string of the molecule is CCCNC1C(CN2CCCC2C(C)C)CCC1(C)C. The molecule has 20 heavy (non-hydrogen) atoms. The zero-order valence-corrected chi connectivity index (χ0v) is 14.4. The van der Waals surface area contributed by atoms with Gasteiger partial charge in [-0.25, -0.2) is 0 Å². The van der Waals surface area contributed by atoms with Crippen molar-refractivity contribution in [3.63, 3.8) is 0 Å². The van der Waals surface area contributed by atoms with Gasteiger partial charge in [-0.3, -0.25) is 4.90 Å². The largest absolute Gasteiger partial charge is 0.313 e. The smallest absolute Gasteiger partial charge is 0.0159 e. The van der Waals surface area contributed by atoms with E-state index in [2.05, 4.69) is 44.8 Å². The van der Waals surface area contributed by atoms with Crippen LogP contribution in [0.1, 0.15) is 66.7 Å². The molecule has 1 saturated carbocycles. The van der Waals surface area contributed by atoms with Gasteiger partial charge in [-0.1, -0.05) is 34.6 Å². The predicted octanol–water partition coefficient (Wildman–Crippen LogP) is 3.91.